The van der Waals surface area contributed by atoms with E-state index in [4.69, 9.17) is 4.74 Å². The van der Waals surface area contributed by atoms with Gasteiger partial charge in [0, 0.05) is 6.61 Å². The van der Waals surface area contributed by atoms with Gasteiger partial charge in [-0.15, -0.1) is 0 Å². The number of hydrogen-bond donors (Lipinski definition) is 1. The first-order valence-electron chi connectivity index (χ1n) is 8.55. The van der Waals surface area contributed by atoms with Gasteiger partial charge in [0.05, 0.1) is 11.7 Å². The summed E-state index contributed by atoms with van der Waals surface area (Å²) < 4.78 is 6.15. The Morgan fingerprint density at radius 3 is 2.76 bits per heavy atom. The van der Waals surface area contributed by atoms with Crippen LogP contribution in [-0.4, -0.2) is 23.4 Å². The minimum Gasteiger partial charge on any atom is -0.392 e. The van der Waals surface area contributed by atoms with Crippen molar-refractivity contribution in [2.45, 2.75) is 70.0 Å². The van der Waals surface area contributed by atoms with E-state index in [1.54, 1.807) is 0 Å². The smallest absolute Gasteiger partial charge is 0.0686 e. The van der Waals surface area contributed by atoms with Gasteiger partial charge in [0.2, 0.25) is 0 Å². The molecule has 2 aliphatic rings. The molecule has 0 aromatic heterocycles. The Morgan fingerprint density at radius 2 is 2.00 bits per heavy atom. The molecule has 2 fully saturated rings. The molecule has 2 heteroatoms. The molecule has 1 aromatic rings. The molecule has 1 saturated carbocycles. The SMILES string of the molecule is Cc1ccccc1CC(O)C1CCOC2(CCCCC2)C1. The van der Waals surface area contributed by atoms with Gasteiger partial charge in [0.1, 0.15) is 0 Å². The molecule has 1 aliphatic heterocycles. The first-order chi connectivity index (χ1) is 10.2. The quantitative estimate of drug-likeness (QED) is 0.910. The molecular formula is C19H28O2. The molecule has 1 aliphatic carbocycles. The molecule has 1 saturated heterocycles. The summed E-state index contributed by atoms with van der Waals surface area (Å²) in [5.74, 6) is 0.399. The zero-order chi connectivity index (χ0) is 14.7. The van der Waals surface area contributed by atoms with Crippen molar-refractivity contribution >= 4 is 0 Å². The molecule has 1 aromatic carbocycles. The molecule has 3 rings (SSSR count). The Morgan fingerprint density at radius 1 is 1.24 bits per heavy atom. The number of rotatable bonds is 3. The van der Waals surface area contributed by atoms with E-state index in [0.29, 0.717) is 5.92 Å². The maximum atomic E-state index is 10.7. The Labute approximate surface area is 128 Å². The second kappa shape index (κ2) is 6.50. The number of ether oxygens (including phenoxy) is 1. The summed E-state index contributed by atoms with van der Waals surface area (Å²) in [4.78, 5) is 0. The average Bonchev–Trinajstić information content (AvgIpc) is 2.50. The van der Waals surface area contributed by atoms with Crippen LogP contribution in [0.15, 0.2) is 24.3 Å². The second-order valence-electron chi connectivity index (χ2n) is 7.04. The number of aliphatic hydroxyl groups excluding tert-OH is 1. The van der Waals surface area contributed by atoms with E-state index in [2.05, 4.69) is 31.2 Å². The Hall–Kier alpha value is -0.860. The number of aliphatic hydroxyl groups is 1. The molecule has 2 nitrogen and oxygen atoms in total. The summed E-state index contributed by atoms with van der Waals surface area (Å²) in [6, 6.07) is 8.42. The third-order valence-corrected chi connectivity index (χ3v) is 5.53. The van der Waals surface area contributed by atoms with Crippen molar-refractivity contribution in [1.82, 2.24) is 0 Å². The van der Waals surface area contributed by atoms with Crippen LogP contribution in [0.3, 0.4) is 0 Å². The van der Waals surface area contributed by atoms with Crippen molar-refractivity contribution in [2.75, 3.05) is 6.61 Å². The normalized spacial score (nSPS) is 26.7. The van der Waals surface area contributed by atoms with Crippen LogP contribution in [0.1, 0.15) is 56.1 Å². The molecule has 1 heterocycles. The summed E-state index contributed by atoms with van der Waals surface area (Å²) in [6.07, 6.45) is 8.94. The summed E-state index contributed by atoms with van der Waals surface area (Å²) in [5, 5.41) is 10.7. The Kier molecular flexibility index (Phi) is 4.66. The highest BCUT2D eigenvalue weighted by Gasteiger charge is 2.40. The fourth-order valence-electron chi connectivity index (χ4n) is 4.17. The van der Waals surface area contributed by atoms with Gasteiger partial charge in [0.25, 0.3) is 0 Å². The fraction of sp³-hybridized carbons (Fsp3) is 0.684. The lowest BCUT2D eigenvalue weighted by Gasteiger charge is -2.44. The topological polar surface area (TPSA) is 29.5 Å². The van der Waals surface area contributed by atoms with Crippen LogP contribution < -0.4 is 0 Å². The van der Waals surface area contributed by atoms with Gasteiger partial charge in [-0.25, -0.2) is 0 Å². The van der Waals surface area contributed by atoms with Gasteiger partial charge in [-0.1, -0.05) is 43.5 Å². The van der Waals surface area contributed by atoms with Crippen LogP contribution in [0.5, 0.6) is 0 Å². The van der Waals surface area contributed by atoms with Gasteiger partial charge in [-0.2, -0.15) is 0 Å². The number of hydrogen-bond acceptors (Lipinski definition) is 2. The molecule has 116 valence electrons. The van der Waals surface area contributed by atoms with Crippen molar-refractivity contribution < 1.29 is 9.84 Å². The van der Waals surface area contributed by atoms with E-state index in [-0.39, 0.29) is 11.7 Å². The third kappa shape index (κ3) is 3.49. The number of aryl methyl sites for hydroxylation is 1. The zero-order valence-electron chi connectivity index (χ0n) is 13.2. The van der Waals surface area contributed by atoms with E-state index < -0.39 is 0 Å². The third-order valence-electron chi connectivity index (χ3n) is 5.53. The summed E-state index contributed by atoms with van der Waals surface area (Å²) in [5.41, 5.74) is 2.67. The molecule has 21 heavy (non-hydrogen) atoms. The van der Waals surface area contributed by atoms with E-state index in [0.717, 1.165) is 25.9 Å². The van der Waals surface area contributed by atoms with Crippen molar-refractivity contribution in [2.24, 2.45) is 5.92 Å². The van der Waals surface area contributed by atoms with Gasteiger partial charge >= 0.3 is 0 Å². The fourth-order valence-corrected chi connectivity index (χ4v) is 4.17. The van der Waals surface area contributed by atoms with Crippen molar-refractivity contribution in [3.8, 4) is 0 Å². The minimum atomic E-state index is -0.228. The van der Waals surface area contributed by atoms with Crippen molar-refractivity contribution in [1.29, 1.82) is 0 Å². The maximum Gasteiger partial charge on any atom is 0.0686 e. The Bertz CT molecular complexity index is 457. The molecular weight excluding hydrogens is 260 g/mol. The molecule has 0 bridgehead atoms. The van der Waals surface area contributed by atoms with Gasteiger partial charge in [-0.3, -0.25) is 0 Å². The molecule has 2 atom stereocenters. The van der Waals surface area contributed by atoms with Crippen molar-refractivity contribution in [3.05, 3.63) is 35.4 Å². The monoisotopic (exact) mass is 288 g/mol. The summed E-state index contributed by atoms with van der Waals surface area (Å²) >= 11 is 0. The van der Waals surface area contributed by atoms with Crippen LogP contribution in [0.4, 0.5) is 0 Å². The first-order valence-corrected chi connectivity index (χ1v) is 8.55. The van der Waals surface area contributed by atoms with Gasteiger partial charge in [-0.05, 0) is 56.1 Å². The van der Waals surface area contributed by atoms with Crippen LogP contribution in [0.25, 0.3) is 0 Å². The highest BCUT2D eigenvalue weighted by Crippen LogP contribution is 2.41. The van der Waals surface area contributed by atoms with E-state index in [1.807, 2.05) is 0 Å². The van der Waals surface area contributed by atoms with Crippen LogP contribution in [0, 0.1) is 12.8 Å². The standard InChI is InChI=1S/C19H28O2/c1-15-7-3-4-8-16(15)13-18(20)17-9-12-21-19(14-17)10-5-2-6-11-19/h3-4,7-8,17-18,20H,2,5-6,9-14H2,1H3. The lowest BCUT2D eigenvalue weighted by atomic mass is 9.74. The largest absolute Gasteiger partial charge is 0.392 e. The predicted octanol–water partition coefficient (Wildman–Crippen LogP) is 4.03. The molecule has 0 amide bonds. The molecule has 1 N–H and O–H groups in total. The molecule has 2 unspecified atom stereocenters. The van der Waals surface area contributed by atoms with Crippen molar-refractivity contribution in [3.63, 3.8) is 0 Å². The summed E-state index contributed by atoms with van der Waals surface area (Å²) in [7, 11) is 0. The van der Waals surface area contributed by atoms with Crippen LogP contribution >= 0.6 is 0 Å². The van der Waals surface area contributed by atoms with Gasteiger partial charge in [0.15, 0.2) is 0 Å². The lowest BCUT2D eigenvalue weighted by Crippen LogP contribution is -2.44. The van der Waals surface area contributed by atoms with Gasteiger partial charge < -0.3 is 9.84 Å². The van der Waals surface area contributed by atoms with Crippen LogP contribution in [-0.2, 0) is 11.2 Å². The maximum absolute atomic E-state index is 10.7. The first kappa shape index (κ1) is 15.1. The highest BCUT2D eigenvalue weighted by atomic mass is 16.5. The predicted molar refractivity (Wildman–Crippen MR) is 85.4 cm³/mol. The van der Waals surface area contributed by atoms with E-state index in [9.17, 15) is 5.11 Å². The number of benzene rings is 1. The summed E-state index contributed by atoms with van der Waals surface area (Å²) in [6.45, 7) is 2.96. The molecule has 0 radical (unpaired) electrons. The Balaban J connectivity index is 1.64. The van der Waals surface area contributed by atoms with Crippen LogP contribution in [0.2, 0.25) is 0 Å². The zero-order valence-corrected chi connectivity index (χ0v) is 13.2. The second-order valence-corrected chi connectivity index (χ2v) is 7.04. The molecule has 1 spiro atoms. The highest BCUT2D eigenvalue weighted by molar-refractivity contribution is 5.26. The van der Waals surface area contributed by atoms with E-state index >= 15 is 0 Å². The minimum absolute atomic E-state index is 0.0911. The van der Waals surface area contributed by atoms with E-state index in [1.165, 1.54) is 43.2 Å². The lowest BCUT2D eigenvalue weighted by molar-refractivity contribution is -0.133. The average molecular weight is 288 g/mol.